The van der Waals surface area contributed by atoms with Crippen LogP contribution in [0.4, 0.5) is 5.69 Å². The molecule has 1 heterocycles. The van der Waals surface area contributed by atoms with Crippen LogP contribution in [0.15, 0.2) is 35.5 Å². The number of carbonyl (C=O) groups excluding carboxylic acids is 1. The number of anilines is 1. The first kappa shape index (κ1) is 15.2. The van der Waals surface area contributed by atoms with Crippen LogP contribution in [0.3, 0.4) is 0 Å². The minimum atomic E-state index is -3.37. The first-order valence-electron chi connectivity index (χ1n) is 6.31. The van der Waals surface area contributed by atoms with E-state index in [-0.39, 0.29) is 10.7 Å². The fraction of sp³-hybridized carbons (Fsp3) is 0.308. The van der Waals surface area contributed by atoms with Crippen molar-refractivity contribution < 1.29 is 13.2 Å². The van der Waals surface area contributed by atoms with Gasteiger partial charge in [-0.2, -0.15) is 0 Å². The van der Waals surface area contributed by atoms with Crippen LogP contribution in [0.2, 0.25) is 0 Å². The van der Waals surface area contributed by atoms with Gasteiger partial charge in [-0.05, 0) is 25.1 Å². The molecular weight excluding hydrogens is 292 g/mol. The third kappa shape index (κ3) is 3.88. The van der Waals surface area contributed by atoms with Gasteiger partial charge in [0.1, 0.15) is 0 Å². The molecule has 0 bridgehead atoms. The second-order valence-electron chi connectivity index (χ2n) is 4.63. The number of benzene rings is 1. The highest BCUT2D eigenvalue weighted by molar-refractivity contribution is 7.90. The van der Waals surface area contributed by atoms with Gasteiger partial charge in [0.2, 0.25) is 0 Å². The van der Waals surface area contributed by atoms with Crippen LogP contribution in [0.25, 0.3) is 0 Å². The van der Waals surface area contributed by atoms with Crippen molar-refractivity contribution >= 4 is 21.3 Å². The average molecular weight is 308 g/mol. The van der Waals surface area contributed by atoms with E-state index in [2.05, 4.69) is 15.6 Å². The van der Waals surface area contributed by atoms with Gasteiger partial charge < -0.3 is 5.32 Å². The van der Waals surface area contributed by atoms with Crippen LogP contribution < -0.4 is 5.32 Å². The third-order valence-electron chi connectivity index (χ3n) is 2.91. The fourth-order valence-electron chi connectivity index (χ4n) is 1.87. The molecule has 0 amide bonds. The van der Waals surface area contributed by atoms with Crippen molar-refractivity contribution in [3.8, 4) is 0 Å². The lowest BCUT2D eigenvalue weighted by atomic mass is 10.1. The maximum Gasteiger partial charge on any atom is 0.177 e. The van der Waals surface area contributed by atoms with Crippen molar-refractivity contribution in [3.63, 3.8) is 0 Å². The average Bonchev–Trinajstić information content (AvgIpc) is 2.90. The fourth-order valence-corrected chi connectivity index (χ4v) is 2.71. The molecule has 21 heavy (non-hydrogen) atoms. The number of hydrogen-bond donors (Lipinski definition) is 1. The van der Waals surface area contributed by atoms with Crippen molar-refractivity contribution in [2.45, 2.75) is 18.4 Å². The first-order chi connectivity index (χ1) is 9.88. The Morgan fingerprint density at radius 3 is 2.71 bits per heavy atom. The monoisotopic (exact) mass is 308 g/mol. The predicted octanol–water partition coefficient (Wildman–Crippen LogP) is 0.996. The molecule has 0 radical (unpaired) electrons. The Morgan fingerprint density at radius 1 is 1.38 bits per heavy atom. The summed E-state index contributed by atoms with van der Waals surface area (Å²) >= 11 is 0. The van der Waals surface area contributed by atoms with Gasteiger partial charge in [-0.25, -0.2) is 8.42 Å². The molecule has 0 spiro atoms. The summed E-state index contributed by atoms with van der Waals surface area (Å²) in [5.74, 6) is -0.116. The number of rotatable bonds is 6. The van der Waals surface area contributed by atoms with Crippen LogP contribution in [0.5, 0.6) is 0 Å². The highest BCUT2D eigenvalue weighted by atomic mass is 32.2. The zero-order chi connectivity index (χ0) is 15.5. The van der Waals surface area contributed by atoms with E-state index in [1.54, 1.807) is 23.1 Å². The molecule has 7 nitrogen and oxygen atoms in total. The molecule has 0 aliphatic rings. The summed E-state index contributed by atoms with van der Waals surface area (Å²) in [4.78, 5) is 11.6. The molecule has 2 aromatic rings. The van der Waals surface area contributed by atoms with Crippen LogP contribution in [0, 0.1) is 0 Å². The summed E-state index contributed by atoms with van der Waals surface area (Å²) in [6.45, 7) is 2.44. The zero-order valence-electron chi connectivity index (χ0n) is 11.8. The Bertz CT molecular complexity index is 739. The Kier molecular flexibility index (Phi) is 4.37. The van der Waals surface area contributed by atoms with Gasteiger partial charge in [0, 0.05) is 24.6 Å². The number of nitrogens with zero attached hydrogens (tertiary/aromatic N) is 3. The maximum atomic E-state index is 11.8. The second kappa shape index (κ2) is 6.04. The Hall–Kier alpha value is -2.22. The molecule has 0 aliphatic carbocycles. The molecule has 1 N–H and O–H groups in total. The quantitative estimate of drug-likeness (QED) is 0.800. The van der Waals surface area contributed by atoms with Crippen molar-refractivity contribution in [2.75, 3.05) is 18.1 Å². The van der Waals surface area contributed by atoms with E-state index in [0.29, 0.717) is 24.3 Å². The van der Waals surface area contributed by atoms with Crippen LogP contribution in [-0.4, -0.2) is 42.0 Å². The Morgan fingerprint density at radius 2 is 2.14 bits per heavy atom. The van der Waals surface area contributed by atoms with Crippen molar-refractivity contribution in [2.24, 2.45) is 0 Å². The molecule has 0 saturated heterocycles. The molecule has 1 aromatic heterocycles. The van der Waals surface area contributed by atoms with E-state index in [0.717, 1.165) is 6.26 Å². The van der Waals surface area contributed by atoms with Crippen molar-refractivity contribution in [1.29, 1.82) is 0 Å². The van der Waals surface area contributed by atoms with E-state index in [1.165, 1.54) is 19.1 Å². The van der Waals surface area contributed by atoms with Gasteiger partial charge in [0.05, 0.1) is 23.3 Å². The molecule has 0 aliphatic heterocycles. The summed E-state index contributed by atoms with van der Waals surface area (Å²) in [5, 5.41) is 10.5. The normalized spacial score (nSPS) is 11.3. The Balaban J connectivity index is 2.22. The van der Waals surface area contributed by atoms with Gasteiger partial charge in [0.25, 0.3) is 0 Å². The number of hydrogen-bond acceptors (Lipinski definition) is 6. The summed E-state index contributed by atoms with van der Waals surface area (Å²) in [6, 6.07) is 4.52. The lowest BCUT2D eigenvalue weighted by Gasteiger charge is -2.12. The standard InChI is InChI=1S/C13H16N4O3S/c1-10(18)11-3-4-13(21(2,19)20)12(9-11)14-5-7-17-8-6-15-16-17/h3-4,6,8-9,14H,5,7H2,1-2H3. The first-order valence-corrected chi connectivity index (χ1v) is 8.20. The highest BCUT2D eigenvalue weighted by Crippen LogP contribution is 2.23. The van der Waals surface area contributed by atoms with Gasteiger partial charge in [-0.3, -0.25) is 9.48 Å². The van der Waals surface area contributed by atoms with E-state index < -0.39 is 9.84 Å². The molecule has 8 heteroatoms. The molecular formula is C13H16N4O3S. The van der Waals surface area contributed by atoms with E-state index >= 15 is 0 Å². The lowest BCUT2D eigenvalue weighted by Crippen LogP contribution is -2.14. The Labute approximate surface area is 122 Å². The van der Waals surface area contributed by atoms with Gasteiger partial charge in [-0.1, -0.05) is 5.21 Å². The largest absolute Gasteiger partial charge is 0.382 e. The summed E-state index contributed by atoms with van der Waals surface area (Å²) in [6.07, 6.45) is 4.42. The molecule has 112 valence electrons. The lowest BCUT2D eigenvalue weighted by molar-refractivity contribution is 0.101. The number of nitrogens with one attached hydrogen (secondary N) is 1. The van der Waals surface area contributed by atoms with E-state index in [9.17, 15) is 13.2 Å². The molecule has 0 saturated carbocycles. The number of ketones is 1. The summed E-state index contributed by atoms with van der Waals surface area (Å²) in [5.41, 5.74) is 0.885. The van der Waals surface area contributed by atoms with Crippen LogP contribution in [-0.2, 0) is 16.4 Å². The highest BCUT2D eigenvalue weighted by Gasteiger charge is 2.14. The SMILES string of the molecule is CC(=O)c1ccc(S(C)(=O)=O)c(NCCn2ccnn2)c1. The van der Waals surface area contributed by atoms with Crippen LogP contribution in [0.1, 0.15) is 17.3 Å². The molecule has 0 fully saturated rings. The smallest absolute Gasteiger partial charge is 0.177 e. The van der Waals surface area contributed by atoms with Crippen molar-refractivity contribution in [3.05, 3.63) is 36.2 Å². The predicted molar refractivity (Wildman–Crippen MR) is 78.1 cm³/mol. The van der Waals surface area contributed by atoms with Gasteiger partial charge >= 0.3 is 0 Å². The number of Topliss-reactive ketones (excluding diaryl/α,β-unsaturated/α-hetero) is 1. The van der Waals surface area contributed by atoms with Crippen LogP contribution >= 0.6 is 0 Å². The molecule has 1 aromatic carbocycles. The summed E-state index contributed by atoms with van der Waals surface area (Å²) < 4.78 is 25.2. The maximum absolute atomic E-state index is 11.8. The topological polar surface area (TPSA) is 94.0 Å². The third-order valence-corrected chi connectivity index (χ3v) is 4.07. The zero-order valence-corrected chi connectivity index (χ0v) is 12.6. The minimum Gasteiger partial charge on any atom is -0.382 e. The molecule has 0 unspecified atom stereocenters. The van der Waals surface area contributed by atoms with E-state index in [1.807, 2.05) is 0 Å². The minimum absolute atomic E-state index is 0.116. The second-order valence-corrected chi connectivity index (χ2v) is 6.62. The van der Waals surface area contributed by atoms with Gasteiger partial charge in [0.15, 0.2) is 15.6 Å². The van der Waals surface area contributed by atoms with Crippen molar-refractivity contribution in [1.82, 2.24) is 15.0 Å². The number of sulfone groups is 1. The van der Waals surface area contributed by atoms with E-state index in [4.69, 9.17) is 0 Å². The molecule has 2 rings (SSSR count). The summed E-state index contributed by atoms with van der Waals surface area (Å²) in [7, 11) is -3.37. The van der Waals surface area contributed by atoms with Gasteiger partial charge in [-0.15, -0.1) is 5.10 Å². The molecule has 0 atom stereocenters. The number of carbonyl (C=O) groups is 1. The number of aromatic nitrogens is 3.